The zero-order valence-corrected chi connectivity index (χ0v) is 14.6. The average Bonchev–Trinajstić information content (AvgIpc) is 3.21. The molecule has 0 saturated carbocycles. The number of nitrogens with one attached hydrogen (secondary N) is 1. The molecule has 0 spiro atoms. The van der Waals surface area contributed by atoms with Crippen molar-refractivity contribution in [1.82, 2.24) is 4.98 Å². The Labute approximate surface area is 150 Å². The highest BCUT2D eigenvalue weighted by Gasteiger charge is 2.48. The van der Waals surface area contributed by atoms with Gasteiger partial charge in [0.1, 0.15) is 5.75 Å². The zero-order chi connectivity index (χ0) is 17.4. The van der Waals surface area contributed by atoms with Gasteiger partial charge >= 0.3 is 0 Å². The Hall–Kier alpha value is -2.66. The molecule has 1 aliphatic carbocycles. The normalized spacial score (nSPS) is 21.7. The van der Waals surface area contributed by atoms with Crippen molar-refractivity contribution >= 4 is 22.4 Å². The summed E-state index contributed by atoms with van der Waals surface area (Å²) < 4.78 is 0. The number of fused-ring (bicyclic) bond motifs is 1. The van der Waals surface area contributed by atoms with Crippen LogP contribution in [-0.2, 0) is 11.2 Å². The van der Waals surface area contributed by atoms with E-state index in [1.54, 1.807) is 18.3 Å². The van der Waals surface area contributed by atoms with Crippen LogP contribution in [0.25, 0.3) is 0 Å². The fraction of sp³-hybridized carbons (Fsp3) is 0.200. The van der Waals surface area contributed by atoms with Gasteiger partial charge in [-0.15, -0.1) is 11.3 Å². The van der Waals surface area contributed by atoms with Gasteiger partial charge in [-0.2, -0.15) is 0 Å². The van der Waals surface area contributed by atoms with Crippen LogP contribution in [0.5, 0.6) is 5.75 Å². The number of carbonyl (C=O) groups is 1. The third kappa shape index (κ3) is 2.70. The van der Waals surface area contributed by atoms with Gasteiger partial charge in [-0.1, -0.05) is 36.4 Å². The molecule has 25 heavy (non-hydrogen) atoms. The van der Waals surface area contributed by atoms with Crippen molar-refractivity contribution in [3.05, 3.63) is 76.8 Å². The van der Waals surface area contributed by atoms with E-state index in [1.807, 2.05) is 36.6 Å². The first-order chi connectivity index (χ1) is 12.1. The molecular weight excluding hydrogens is 332 g/mol. The summed E-state index contributed by atoms with van der Waals surface area (Å²) in [5, 5.41) is 15.1. The second kappa shape index (κ2) is 6.01. The monoisotopic (exact) mass is 350 g/mol. The molecule has 1 aliphatic rings. The highest BCUT2D eigenvalue weighted by atomic mass is 32.1. The number of rotatable bonds is 3. The van der Waals surface area contributed by atoms with Gasteiger partial charge in [-0.3, -0.25) is 4.79 Å². The molecule has 4 rings (SSSR count). The van der Waals surface area contributed by atoms with Crippen molar-refractivity contribution in [3.8, 4) is 5.75 Å². The molecule has 1 heterocycles. The van der Waals surface area contributed by atoms with E-state index in [9.17, 15) is 9.90 Å². The van der Waals surface area contributed by atoms with E-state index in [2.05, 4.69) is 22.4 Å². The SMILES string of the molecule is C[C@]1(C(=O)Nc2nccs2)Cc2ccccc2[C@H]1c1ccc(O)cc1. The van der Waals surface area contributed by atoms with E-state index >= 15 is 0 Å². The zero-order valence-electron chi connectivity index (χ0n) is 13.8. The number of amides is 1. The second-order valence-electron chi connectivity index (χ2n) is 6.61. The van der Waals surface area contributed by atoms with Crippen LogP contribution in [0.2, 0.25) is 0 Å². The molecule has 3 aromatic rings. The number of aromatic nitrogens is 1. The number of phenols is 1. The molecule has 0 radical (unpaired) electrons. The first kappa shape index (κ1) is 15.8. The second-order valence-corrected chi connectivity index (χ2v) is 7.50. The minimum Gasteiger partial charge on any atom is -0.508 e. The lowest BCUT2D eigenvalue weighted by atomic mass is 9.73. The number of anilines is 1. The number of hydrogen-bond acceptors (Lipinski definition) is 4. The molecule has 0 unspecified atom stereocenters. The van der Waals surface area contributed by atoms with E-state index in [0.29, 0.717) is 11.6 Å². The van der Waals surface area contributed by atoms with Gasteiger partial charge in [0.2, 0.25) is 5.91 Å². The summed E-state index contributed by atoms with van der Waals surface area (Å²) in [5.41, 5.74) is 2.77. The smallest absolute Gasteiger partial charge is 0.233 e. The third-order valence-electron chi connectivity index (χ3n) is 4.96. The Morgan fingerprint density at radius 1 is 1.24 bits per heavy atom. The van der Waals surface area contributed by atoms with Crippen molar-refractivity contribution in [3.63, 3.8) is 0 Å². The minimum atomic E-state index is -0.619. The maximum absolute atomic E-state index is 13.2. The third-order valence-corrected chi connectivity index (χ3v) is 5.65. The van der Waals surface area contributed by atoms with Crippen molar-refractivity contribution in [1.29, 1.82) is 0 Å². The van der Waals surface area contributed by atoms with E-state index in [-0.39, 0.29) is 17.6 Å². The largest absolute Gasteiger partial charge is 0.508 e. The predicted molar refractivity (Wildman–Crippen MR) is 98.9 cm³/mol. The van der Waals surface area contributed by atoms with Crippen LogP contribution >= 0.6 is 11.3 Å². The van der Waals surface area contributed by atoms with E-state index in [4.69, 9.17) is 0 Å². The number of benzene rings is 2. The summed E-state index contributed by atoms with van der Waals surface area (Å²) in [6, 6.07) is 15.4. The molecule has 4 nitrogen and oxygen atoms in total. The fourth-order valence-corrected chi connectivity index (χ4v) is 4.29. The topological polar surface area (TPSA) is 62.2 Å². The van der Waals surface area contributed by atoms with Crippen LogP contribution in [0.3, 0.4) is 0 Å². The van der Waals surface area contributed by atoms with Gasteiger partial charge in [0.05, 0.1) is 5.41 Å². The number of nitrogens with zero attached hydrogens (tertiary/aromatic N) is 1. The van der Waals surface area contributed by atoms with Gasteiger partial charge in [0, 0.05) is 17.5 Å². The first-order valence-electron chi connectivity index (χ1n) is 8.15. The van der Waals surface area contributed by atoms with Crippen molar-refractivity contribution in [2.45, 2.75) is 19.3 Å². The van der Waals surface area contributed by atoms with E-state index in [1.165, 1.54) is 22.5 Å². The maximum atomic E-state index is 13.2. The maximum Gasteiger partial charge on any atom is 0.233 e. The highest BCUT2D eigenvalue weighted by molar-refractivity contribution is 7.13. The lowest BCUT2D eigenvalue weighted by Crippen LogP contribution is -2.37. The molecule has 2 aromatic carbocycles. The van der Waals surface area contributed by atoms with Gasteiger partial charge in [0.25, 0.3) is 0 Å². The molecule has 5 heteroatoms. The molecule has 126 valence electrons. The Kier molecular flexibility index (Phi) is 3.81. The van der Waals surface area contributed by atoms with E-state index in [0.717, 1.165) is 5.56 Å². The molecule has 0 aliphatic heterocycles. The standard InChI is InChI=1S/C20H18N2O2S/c1-20(18(24)22-19-21-10-11-25-19)12-14-4-2-3-5-16(14)17(20)13-6-8-15(23)9-7-13/h2-11,17,23H,12H2,1H3,(H,21,22,24)/t17-,20+/m1/s1. The molecule has 0 bridgehead atoms. The van der Waals surface area contributed by atoms with Crippen LogP contribution in [0.1, 0.15) is 29.5 Å². The Bertz CT molecular complexity index is 906. The summed E-state index contributed by atoms with van der Waals surface area (Å²) in [6.07, 6.45) is 2.36. The quantitative estimate of drug-likeness (QED) is 0.745. The Morgan fingerprint density at radius 3 is 2.72 bits per heavy atom. The summed E-state index contributed by atoms with van der Waals surface area (Å²) in [6.45, 7) is 2.01. The molecular formula is C20H18N2O2S. The van der Waals surface area contributed by atoms with Gasteiger partial charge < -0.3 is 10.4 Å². The molecule has 1 amide bonds. The Balaban J connectivity index is 1.77. The fourth-order valence-electron chi connectivity index (χ4n) is 3.77. The summed E-state index contributed by atoms with van der Waals surface area (Å²) >= 11 is 1.42. The van der Waals surface area contributed by atoms with Crippen LogP contribution < -0.4 is 5.32 Å². The van der Waals surface area contributed by atoms with Crippen molar-refractivity contribution in [2.24, 2.45) is 5.41 Å². The van der Waals surface area contributed by atoms with Crippen LogP contribution in [0.4, 0.5) is 5.13 Å². The van der Waals surface area contributed by atoms with Crippen molar-refractivity contribution < 1.29 is 9.90 Å². The lowest BCUT2D eigenvalue weighted by Gasteiger charge is -2.31. The van der Waals surface area contributed by atoms with Gasteiger partial charge in [0.15, 0.2) is 5.13 Å². The molecule has 2 atom stereocenters. The number of hydrogen-bond donors (Lipinski definition) is 2. The van der Waals surface area contributed by atoms with E-state index < -0.39 is 5.41 Å². The molecule has 0 saturated heterocycles. The first-order valence-corrected chi connectivity index (χ1v) is 9.03. The van der Waals surface area contributed by atoms with Crippen LogP contribution in [0.15, 0.2) is 60.1 Å². The number of aromatic hydroxyl groups is 1. The highest BCUT2D eigenvalue weighted by Crippen LogP contribution is 2.51. The van der Waals surface area contributed by atoms with Crippen molar-refractivity contribution in [2.75, 3.05) is 5.32 Å². The molecule has 1 aromatic heterocycles. The van der Waals surface area contributed by atoms with Gasteiger partial charge in [-0.05, 0) is 42.2 Å². The molecule has 2 N–H and O–H groups in total. The Morgan fingerprint density at radius 2 is 2.00 bits per heavy atom. The van der Waals surface area contributed by atoms with Gasteiger partial charge in [-0.25, -0.2) is 4.98 Å². The molecule has 0 fully saturated rings. The number of carbonyl (C=O) groups excluding carboxylic acids is 1. The summed E-state index contributed by atoms with van der Waals surface area (Å²) in [4.78, 5) is 17.3. The number of phenolic OH excluding ortho intramolecular Hbond substituents is 1. The summed E-state index contributed by atoms with van der Waals surface area (Å²) in [5.74, 6) is 0.130. The lowest BCUT2D eigenvalue weighted by molar-refractivity contribution is -0.125. The predicted octanol–water partition coefficient (Wildman–Crippen LogP) is 4.18. The summed E-state index contributed by atoms with van der Waals surface area (Å²) in [7, 11) is 0. The minimum absolute atomic E-state index is 0.0308. The number of thiazole rings is 1. The van der Waals surface area contributed by atoms with Crippen LogP contribution in [-0.4, -0.2) is 16.0 Å². The van der Waals surface area contributed by atoms with Crippen LogP contribution in [0, 0.1) is 5.41 Å². The average molecular weight is 350 g/mol.